The molecule has 0 bridgehead atoms. The van der Waals surface area contributed by atoms with Gasteiger partial charge in [0.15, 0.2) is 0 Å². The van der Waals surface area contributed by atoms with Gasteiger partial charge in [0.1, 0.15) is 17.5 Å². The van der Waals surface area contributed by atoms with Gasteiger partial charge in [0, 0.05) is 53.8 Å². The van der Waals surface area contributed by atoms with E-state index in [1.54, 1.807) is 30.8 Å². The van der Waals surface area contributed by atoms with E-state index in [2.05, 4.69) is 45.9 Å². The summed E-state index contributed by atoms with van der Waals surface area (Å²) in [7, 11) is 0. The van der Waals surface area contributed by atoms with E-state index in [0.717, 1.165) is 61.0 Å². The van der Waals surface area contributed by atoms with Crippen LogP contribution in [-0.4, -0.2) is 56.4 Å². The number of piperidine rings is 1. The lowest BCUT2D eigenvalue weighted by Crippen LogP contribution is -2.44. The highest BCUT2D eigenvalue weighted by Gasteiger charge is 2.32. The molecule has 0 spiro atoms. The molecule has 3 aromatic rings. The highest BCUT2D eigenvalue weighted by atomic mass is 35.5. The van der Waals surface area contributed by atoms with Crippen molar-refractivity contribution >= 4 is 22.9 Å². The average molecular weight is 527 g/mol. The van der Waals surface area contributed by atoms with E-state index in [1.165, 1.54) is 0 Å². The van der Waals surface area contributed by atoms with Crippen LogP contribution in [0.1, 0.15) is 44.7 Å². The number of aliphatic hydroxyl groups is 1. The number of pyridine rings is 2. The minimum Gasteiger partial charge on any atom is -0.378 e. The predicted octanol–water partition coefficient (Wildman–Crippen LogP) is 4.95. The Morgan fingerprint density at radius 1 is 1.21 bits per heavy atom. The van der Waals surface area contributed by atoms with Crippen LogP contribution in [0.25, 0.3) is 16.6 Å². The second-order valence-electron chi connectivity index (χ2n) is 11.0. The number of halogens is 1. The number of nitrogens with zero attached hydrogens (tertiary/aromatic N) is 6. The van der Waals surface area contributed by atoms with Gasteiger partial charge in [-0.05, 0) is 68.7 Å². The van der Waals surface area contributed by atoms with Crippen LogP contribution in [-0.2, 0) is 0 Å². The first-order valence-corrected chi connectivity index (χ1v) is 13.2. The lowest BCUT2D eigenvalue weighted by molar-refractivity contribution is 0.143. The van der Waals surface area contributed by atoms with Gasteiger partial charge in [-0.15, -0.1) is 0 Å². The number of rotatable bonds is 4. The van der Waals surface area contributed by atoms with Gasteiger partial charge in [0.05, 0.1) is 23.8 Å². The summed E-state index contributed by atoms with van der Waals surface area (Å²) in [5.41, 5.74) is 2.72. The lowest BCUT2D eigenvalue weighted by Gasteiger charge is -2.42. The second-order valence-corrected chi connectivity index (χ2v) is 11.5. The van der Waals surface area contributed by atoms with Crippen molar-refractivity contribution in [1.82, 2.24) is 19.5 Å². The average Bonchev–Trinajstić information content (AvgIpc) is 3.30. The number of anilines is 1. The Morgan fingerprint density at radius 3 is 2.66 bits per heavy atom. The quantitative estimate of drug-likeness (QED) is 0.484. The molecule has 5 rings (SSSR count). The van der Waals surface area contributed by atoms with Gasteiger partial charge in [-0.1, -0.05) is 30.4 Å². The summed E-state index contributed by atoms with van der Waals surface area (Å²) in [5.74, 6) is 6.82. The summed E-state index contributed by atoms with van der Waals surface area (Å²) < 4.78 is 1.67. The second kappa shape index (κ2) is 10.2. The van der Waals surface area contributed by atoms with Gasteiger partial charge in [-0.25, -0.2) is 9.50 Å². The number of nitriles is 1. The molecule has 1 N–H and O–H groups in total. The molecule has 7 nitrogen and oxygen atoms in total. The summed E-state index contributed by atoms with van der Waals surface area (Å²) >= 11 is 6.23. The van der Waals surface area contributed by atoms with Crippen molar-refractivity contribution in [3.8, 4) is 29.0 Å². The summed E-state index contributed by atoms with van der Waals surface area (Å²) in [6.45, 7) is 9.30. The zero-order valence-electron chi connectivity index (χ0n) is 21.9. The molecule has 0 aromatic carbocycles. The third-order valence-electron chi connectivity index (χ3n) is 7.11. The van der Waals surface area contributed by atoms with Gasteiger partial charge < -0.3 is 14.9 Å². The first-order chi connectivity index (χ1) is 18.1. The number of allylic oxidation sites excluding steroid dienone is 2. The number of hydrogen-bond acceptors (Lipinski definition) is 6. The van der Waals surface area contributed by atoms with E-state index in [0.29, 0.717) is 16.6 Å². The molecule has 38 heavy (non-hydrogen) atoms. The minimum absolute atomic E-state index is 0.223. The molecule has 0 unspecified atom stereocenters. The van der Waals surface area contributed by atoms with Crippen molar-refractivity contribution in [2.24, 2.45) is 5.41 Å². The monoisotopic (exact) mass is 526 g/mol. The van der Waals surface area contributed by atoms with Gasteiger partial charge in [-0.2, -0.15) is 10.4 Å². The van der Waals surface area contributed by atoms with Gasteiger partial charge in [0.25, 0.3) is 0 Å². The van der Waals surface area contributed by atoms with Crippen LogP contribution in [0, 0.1) is 28.6 Å². The van der Waals surface area contributed by atoms with Crippen LogP contribution in [0.3, 0.4) is 0 Å². The Hall–Kier alpha value is -3.78. The van der Waals surface area contributed by atoms with Crippen molar-refractivity contribution in [2.75, 3.05) is 31.1 Å². The van der Waals surface area contributed by atoms with Crippen LogP contribution < -0.4 is 4.90 Å². The van der Waals surface area contributed by atoms with Crippen LogP contribution in [0.5, 0.6) is 0 Å². The molecular formula is C30H31ClN6O. The number of fused-ring (bicyclic) bond motifs is 1. The van der Waals surface area contributed by atoms with E-state index >= 15 is 0 Å². The summed E-state index contributed by atoms with van der Waals surface area (Å²) in [4.78, 5) is 9.45. The Labute approximate surface area is 228 Å². The molecule has 0 atom stereocenters. The van der Waals surface area contributed by atoms with E-state index in [1.807, 2.05) is 36.5 Å². The topological polar surface area (TPSA) is 80.7 Å². The largest absolute Gasteiger partial charge is 0.378 e. The van der Waals surface area contributed by atoms with Crippen LogP contribution in [0.4, 0.5) is 5.82 Å². The summed E-state index contributed by atoms with van der Waals surface area (Å²) in [6, 6.07) is 8.25. The molecule has 1 saturated heterocycles. The van der Waals surface area contributed by atoms with Crippen LogP contribution >= 0.6 is 11.6 Å². The van der Waals surface area contributed by atoms with Crippen molar-refractivity contribution in [3.05, 3.63) is 71.3 Å². The smallest absolute Gasteiger partial charge is 0.128 e. The third-order valence-corrected chi connectivity index (χ3v) is 7.36. The molecule has 1 fully saturated rings. The Kier molecular flexibility index (Phi) is 6.92. The van der Waals surface area contributed by atoms with Gasteiger partial charge in [0.2, 0.25) is 0 Å². The lowest BCUT2D eigenvalue weighted by atomic mass is 9.79. The molecule has 194 valence electrons. The van der Waals surface area contributed by atoms with Crippen molar-refractivity contribution in [1.29, 1.82) is 5.26 Å². The summed E-state index contributed by atoms with van der Waals surface area (Å²) in [6.07, 6.45) is 13.4. The molecule has 8 heteroatoms. The summed E-state index contributed by atoms with van der Waals surface area (Å²) in [5, 5.41) is 24.9. The zero-order chi connectivity index (χ0) is 26.9. The zero-order valence-corrected chi connectivity index (χ0v) is 22.7. The maximum Gasteiger partial charge on any atom is 0.128 e. The molecule has 0 saturated carbocycles. The number of aromatic nitrogens is 3. The molecule has 0 amide bonds. The van der Waals surface area contributed by atoms with E-state index < -0.39 is 5.60 Å². The molecule has 0 aliphatic carbocycles. The number of hydrogen-bond donors (Lipinski definition) is 1. The fraction of sp³-hybridized carbons (Fsp3) is 0.367. The predicted molar refractivity (Wildman–Crippen MR) is 151 cm³/mol. The van der Waals surface area contributed by atoms with Crippen molar-refractivity contribution in [2.45, 2.75) is 39.2 Å². The van der Waals surface area contributed by atoms with E-state index in [9.17, 15) is 10.4 Å². The van der Waals surface area contributed by atoms with Crippen molar-refractivity contribution < 1.29 is 5.11 Å². The Morgan fingerprint density at radius 2 is 2.00 bits per heavy atom. The molecule has 0 radical (unpaired) electrons. The minimum atomic E-state index is -1.11. The molecule has 5 heterocycles. The third kappa shape index (κ3) is 5.70. The maximum absolute atomic E-state index is 10.0. The molecule has 2 aliphatic heterocycles. The fourth-order valence-electron chi connectivity index (χ4n) is 5.05. The van der Waals surface area contributed by atoms with E-state index in [-0.39, 0.29) is 5.41 Å². The molecule has 3 aromatic heterocycles. The first kappa shape index (κ1) is 25.9. The van der Waals surface area contributed by atoms with Crippen LogP contribution in [0.15, 0.2) is 60.2 Å². The SMILES string of the molecule is CC(C)(O)C#Cc1cc(-c2ccc(N3CCC(C)(CN4C=CC=C(Cl)C4)CC3)nc2)c2c(C#N)cnn2c1. The van der Waals surface area contributed by atoms with Gasteiger partial charge >= 0.3 is 0 Å². The van der Waals surface area contributed by atoms with Crippen molar-refractivity contribution in [3.63, 3.8) is 0 Å². The maximum atomic E-state index is 10.0. The molecular weight excluding hydrogens is 496 g/mol. The highest BCUT2D eigenvalue weighted by molar-refractivity contribution is 6.30. The molecule has 2 aliphatic rings. The standard InChI is InChI=1S/C30H31ClN6O/c1-29(2,38)9-8-22-15-26(28-24(16-32)18-34-37(28)19-22)23-6-7-27(33-17-23)36-13-10-30(3,11-14-36)21-35-12-4-5-25(31)20-35/h4-7,12,15,17-19,38H,10-11,13-14,20-21H2,1-3H3. The first-order valence-electron chi connectivity index (χ1n) is 12.8. The highest BCUT2D eigenvalue weighted by Crippen LogP contribution is 2.35. The Balaban J connectivity index is 1.35. The van der Waals surface area contributed by atoms with Gasteiger partial charge in [-0.3, -0.25) is 0 Å². The van der Waals surface area contributed by atoms with E-state index in [4.69, 9.17) is 16.6 Å². The fourth-order valence-corrected chi connectivity index (χ4v) is 5.28. The van der Waals surface area contributed by atoms with Crippen LogP contribution in [0.2, 0.25) is 0 Å². The Bertz CT molecular complexity index is 1500. The normalized spacial score (nSPS) is 17.1.